The van der Waals surface area contributed by atoms with Gasteiger partial charge in [-0.3, -0.25) is 0 Å². The van der Waals surface area contributed by atoms with Crippen molar-refractivity contribution in [3.8, 4) is 24.3 Å². The van der Waals surface area contributed by atoms with Crippen molar-refractivity contribution < 1.29 is 0 Å². The van der Waals surface area contributed by atoms with Crippen LogP contribution in [-0.4, -0.2) is 24.8 Å². The molecular weight excluding hydrogens is 228 g/mol. The second-order valence-corrected chi connectivity index (χ2v) is 4.50. The summed E-state index contributed by atoms with van der Waals surface area (Å²) < 4.78 is 0. The van der Waals surface area contributed by atoms with Crippen molar-refractivity contribution in [1.82, 2.24) is 5.01 Å². The van der Waals surface area contributed by atoms with Gasteiger partial charge in [-0.2, -0.15) is 26.1 Å². The SMILES string of the molecule is CC1C/C(=N/N(C)C)C(C#N)(C#N)C1(C#N)C#N. The summed E-state index contributed by atoms with van der Waals surface area (Å²) in [6, 6.07) is 7.42. The van der Waals surface area contributed by atoms with Gasteiger partial charge in [-0.25, -0.2) is 0 Å². The Bertz CT molecular complexity index is 517. The lowest BCUT2D eigenvalue weighted by Crippen LogP contribution is -2.40. The molecule has 0 radical (unpaired) electrons. The number of nitriles is 4. The van der Waals surface area contributed by atoms with Crippen molar-refractivity contribution in [2.24, 2.45) is 21.8 Å². The Hall–Kier alpha value is -2.57. The second-order valence-electron chi connectivity index (χ2n) is 4.50. The zero-order chi connectivity index (χ0) is 14.0. The number of hydrazone groups is 1. The summed E-state index contributed by atoms with van der Waals surface area (Å²) in [5.74, 6) is -0.412. The van der Waals surface area contributed by atoms with E-state index < -0.39 is 16.7 Å². The molecule has 6 nitrogen and oxygen atoms in total. The maximum atomic E-state index is 9.34. The molecule has 0 bridgehead atoms. The van der Waals surface area contributed by atoms with Gasteiger partial charge in [-0.15, -0.1) is 0 Å². The van der Waals surface area contributed by atoms with E-state index in [-0.39, 0.29) is 5.71 Å². The topological polar surface area (TPSA) is 111 Å². The highest BCUT2D eigenvalue weighted by Crippen LogP contribution is 2.53. The van der Waals surface area contributed by atoms with E-state index in [9.17, 15) is 21.0 Å². The van der Waals surface area contributed by atoms with Crippen molar-refractivity contribution >= 4 is 5.71 Å². The first kappa shape index (κ1) is 13.5. The van der Waals surface area contributed by atoms with E-state index in [0.29, 0.717) is 6.42 Å². The lowest BCUT2D eigenvalue weighted by molar-refractivity contribution is 0.316. The van der Waals surface area contributed by atoms with E-state index in [4.69, 9.17) is 0 Å². The molecule has 0 N–H and O–H groups in total. The summed E-state index contributed by atoms with van der Waals surface area (Å²) in [4.78, 5) is 0. The molecule has 0 aromatic rings. The van der Waals surface area contributed by atoms with Crippen LogP contribution in [0, 0.1) is 62.1 Å². The van der Waals surface area contributed by atoms with Crippen LogP contribution in [0.2, 0.25) is 0 Å². The molecule has 1 fully saturated rings. The zero-order valence-corrected chi connectivity index (χ0v) is 10.5. The summed E-state index contributed by atoms with van der Waals surface area (Å²) in [7, 11) is 3.33. The minimum atomic E-state index is -1.79. The highest BCUT2D eigenvalue weighted by molar-refractivity contribution is 5.99. The summed E-state index contributed by atoms with van der Waals surface area (Å²) in [6.45, 7) is 1.69. The Labute approximate surface area is 106 Å². The van der Waals surface area contributed by atoms with Crippen molar-refractivity contribution in [3.63, 3.8) is 0 Å². The van der Waals surface area contributed by atoms with Gasteiger partial charge in [0.2, 0.25) is 5.41 Å². The van der Waals surface area contributed by atoms with Gasteiger partial charge in [0.15, 0.2) is 5.41 Å². The molecule has 1 atom stereocenters. The van der Waals surface area contributed by atoms with Crippen LogP contribution in [0.4, 0.5) is 0 Å². The van der Waals surface area contributed by atoms with Crippen LogP contribution < -0.4 is 0 Å². The Kier molecular flexibility index (Phi) is 3.27. The van der Waals surface area contributed by atoms with E-state index in [0.717, 1.165) is 0 Å². The lowest BCUT2D eigenvalue weighted by Gasteiger charge is -2.26. The molecule has 0 heterocycles. The van der Waals surface area contributed by atoms with Gasteiger partial charge in [0.1, 0.15) is 0 Å². The summed E-state index contributed by atoms with van der Waals surface area (Å²) in [6.07, 6.45) is 0.292. The van der Waals surface area contributed by atoms with Crippen LogP contribution >= 0.6 is 0 Å². The molecular formula is C12H12N6. The third kappa shape index (κ3) is 1.41. The first-order valence-electron chi connectivity index (χ1n) is 5.34. The normalized spacial score (nSPS) is 25.5. The molecule has 0 aromatic carbocycles. The smallest absolute Gasteiger partial charge is 0.214 e. The van der Waals surface area contributed by atoms with Crippen molar-refractivity contribution in [3.05, 3.63) is 0 Å². The maximum absolute atomic E-state index is 9.34. The lowest BCUT2D eigenvalue weighted by atomic mass is 9.65. The summed E-state index contributed by atoms with van der Waals surface area (Å²) in [5.41, 5.74) is -3.17. The summed E-state index contributed by atoms with van der Waals surface area (Å²) >= 11 is 0. The molecule has 1 rings (SSSR count). The fraction of sp³-hybridized carbons (Fsp3) is 0.583. The standard InChI is InChI=1S/C12H12N6/c1-9-4-10(17-18(2)3)12(7-15,8-16)11(9,5-13)6-14/h9H,4H2,1-3H3/b17-10-. The number of hydrogen-bond donors (Lipinski definition) is 0. The van der Waals surface area contributed by atoms with Gasteiger partial charge in [0.25, 0.3) is 0 Å². The van der Waals surface area contributed by atoms with E-state index in [1.807, 2.05) is 24.3 Å². The molecule has 1 unspecified atom stereocenters. The Morgan fingerprint density at radius 3 is 1.94 bits per heavy atom. The number of nitrogens with zero attached hydrogens (tertiary/aromatic N) is 6. The van der Waals surface area contributed by atoms with E-state index in [1.54, 1.807) is 21.0 Å². The Morgan fingerprint density at radius 2 is 1.61 bits per heavy atom. The van der Waals surface area contributed by atoms with Crippen LogP contribution in [0.5, 0.6) is 0 Å². The average Bonchev–Trinajstić information content (AvgIpc) is 2.57. The second kappa shape index (κ2) is 4.36. The first-order chi connectivity index (χ1) is 8.44. The minimum absolute atomic E-state index is 0.285. The predicted molar refractivity (Wildman–Crippen MR) is 62.2 cm³/mol. The monoisotopic (exact) mass is 240 g/mol. The Morgan fingerprint density at radius 1 is 1.11 bits per heavy atom. The minimum Gasteiger partial charge on any atom is -0.303 e. The molecule has 1 aliphatic carbocycles. The van der Waals surface area contributed by atoms with Crippen molar-refractivity contribution in [1.29, 1.82) is 21.0 Å². The third-order valence-corrected chi connectivity index (χ3v) is 3.27. The van der Waals surface area contributed by atoms with Gasteiger partial charge < -0.3 is 5.01 Å². The van der Waals surface area contributed by atoms with Gasteiger partial charge in [0.05, 0.1) is 30.0 Å². The van der Waals surface area contributed by atoms with Gasteiger partial charge in [0, 0.05) is 14.1 Å². The highest BCUT2D eigenvalue weighted by Gasteiger charge is 2.66. The molecule has 0 aliphatic heterocycles. The van der Waals surface area contributed by atoms with Gasteiger partial charge >= 0.3 is 0 Å². The average molecular weight is 240 g/mol. The molecule has 1 aliphatic rings. The fourth-order valence-electron chi connectivity index (χ4n) is 2.29. The molecule has 18 heavy (non-hydrogen) atoms. The first-order valence-corrected chi connectivity index (χ1v) is 5.34. The van der Waals surface area contributed by atoms with Crippen LogP contribution in [0.15, 0.2) is 5.10 Å². The van der Waals surface area contributed by atoms with Crippen molar-refractivity contribution in [2.45, 2.75) is 13.3 Å². The van der Waals surface area contributed by atoms with Crippen LogP contribution in [0.25, 0.3) is 0 Å². The molecule has 6 heteroatoms. The van der Waals surface area contributed by atoms with E-state index in [2.05, 4.69) is 5.10 Å². The van der Waals surface area contributed by atoms with Crippen LogP contribution in [0.1, 0.15) is 13.3 Å². The van der Waals surface area contributed by atoms with Gasteiger partial charge in [-0.05, 0) is 12.3 Å². The molecule has 0 saturated heterocycles. The Balaban J connectivity index is 3.62. The quantitative estimate of drug-likeness (QED) is 0.635. The number of rotatable bonds is 1. The highest BCUT2D eigenvalue weighted by atomic mass is 15.4. The molecule has 1 saturated carbocycles. The summed E-state index contributed by atoms with van der Waals surface area (Å²) in [5, 5.41) is 42.9. The van der Waals surface area contributed by atoms with Gasteiger partial charge in [-0.1, -0.05) is 6.92 Å². The molecule has 0 spiro atoms. The van der Waals surface area contributed by atoms with Crippen LogP contribution in [0.3, 0.4) is 0 Å². The number of hydrogen-bond acceptors (Lipinski definition) is 6. The molecule has 0 aromatic heterocycles. The van der Waals surface area contributed by atoms with Crippen molar-refractivity contribution in [2.75, 3.05) is 14.1 Å². The maximum Gasteiger partial charge on any atom is 0.214 e. The zero-order valence-electron chi connectivity index (χ0n) is 10.5. The molecule has 90 valence electrons. The molecule has 0 amide bonds. The predicted octanol–water partition coefficient (Wildman–Crippen LogP) is 1.01. The third-order valence-electron chi connectivity index (χ3n) is 3.27. The largest absolute Gasteiger partial charge is 0.303 e. The van der Waals surface area contributed by atoms with E-state index in [1.165, 1.54) is 5.01 Å². The van der Waals surface area contributed by atoms with E-state index >= 15 is 0 Å². The van der Waals surface area contributed by atoms with Crippen LogP contribution in [-0.2, 0) is 0 Å². The fourth-order valence-corrected chi connectivity index (χ4v) is 2.29.